The normalized spacial score (nSPS) is 21.1. The van der Waals surface area contributed by atoms with E-state index in [2.05, 4.69) is 14.9 Å². The molecule has 0 bridgehead atoms. The molecule has 1 aliphatic heterocycles. The zero-order valence-electron chi connectivity index (χ0n) is 9.14. The van der Waals surface area contributed by atoms with Crippen LogP contribution in [0.3, 0.4) is 0 Å². The Kier molecular flexibility index (Phi) is 3.66. The van der Waals surface area contributed by atoms with E-state index in [-0.39, 0.29) is 6.61 Å². The quantitative estimate of drug-likeness (QED) is 0.786. The third kappa shape index (κ3) is 2.66. The Morgan fingerprint density at radius 2 is 2.38 bits per heavy atom. The lowest BCUT2D eigenvalue weighted by atomic mass is 9.95. The molecule has 2 rings (SSSR count). The molecule has 0 saturated carbocycles. The number of piperidine rings is 1. The lowest BCUT2D eigenvalue weighted by Crippen LogP contribution is -2.36. The number of aliphatic hydroxyl groups is 1. The molecule has 1 aliphatic rings. The van der Waals surface area contributed by atoms with Crippen molar-refractivity contribution < 1.29 is 9.50 Å². The Labute approximate surface area is 94.1 Å². The van der Waals surface area contributed by atoms with Gasteiger partial charge < -0.3 is 10.0 Å². The highest BCUT2D eigenvalue weighted by atomic mass is 19.1. The third-order valence-corrected chi connectivity index (χ3v) is 3.00. The second-order valence-electron chi connectivity index (χ2n) is 4.17. The van der Waals surface area contributed by atoms with E-state index >= 15 is 0 Å². The maximum atomic E-state index is 12.9. The topological polar surface area (TPSA) is 49.2 Å². The molecule has 4 nitrogen and oxygen atoms in total. The van der Waals surface area contributed by atoms with Crippen LogP contribution in [0.15, 0.2) is 12.4 Å². The molecule has 1 fully saturated rings. The fourth-order valence-electron chi connectivity index (χ4n) is 2.19. The summed E-state index contributed by atoms with van der Waals surface area (Å²) in [5, 5.41) is 8.92. The largest absolute Gasteiger partial charge is 0.396 e. The highest BCUT2D eigenvalue weighted by Crippen LogP contribution is 2.23. The van der Waals surface area contributed by atoms with Crippen LogP contribution in [0.2, 0.25) is 0 Å². The van der Waals surface area contributed by atoms with E-state index in [1.807, 2.05) is 0 Å². The van der Waals surface area contributed by atoms with E-state index in [1.54, 1.807) is 0 Å². The van der Waals surface area contributed by atoms with Gasteiger partial charge in [0.15, 0.2) is 0 Å². The van der Waals surface area contributed by atoms with Crippen molar-refractivity contribution in [3.8, 4) is 0 Å². The molecule has 1 atom stereocenters. The van der Waals surface area contributed by atoms with Gasteiger partial charge in [0.1, 0.15) is 12.1 Å². The molecule has 0 radical (unpaired) electrons. The van der Waals surface area contributed by atoms with E-state index in [1.165, 1.54) is 12.4 Å². The van der Waals surface area contributed by atoms with Crippen LogP contribution in [-0.4, -0.2) is 34.8 Å². The van der Waals surface area contributed by atoms with E-state index in [0.29, 0.717) is 11.7 Å². The van der Waals surface area contributed by atoms with Crippen LogP contribution < -0.4 is 4.90 Å². The SMILES string of the molecule is OCCC1CCCN(c2cc(F)ncn2)C1. The second-order valence-corrected chi connectivity index (χ2v) is 4.17. The molecule has 0 aliphatic carbocycles. The first-order chi connectivity index (χ1) is 7.79. The zero-order valence-corrected chi connectivity index (χ0v) is 9.14. The van der Waals surface area contributed by atoms with Crippen LogP contribution in [0.4, 0.5) is 10.2 Å². The molecule has 1 aromatic heterocycles. The van der Waals surface area contributed by atoms with E-state index in [0.717, 1.165) is 32.4 Å². The molecule has 1 N–H and O–H groups in total. The maximum absolute atomic E-state index is 12.9. The number of hydrogen-bond donors (Lipinski definition) is 1. The molecule has 0 amide bonds. The zero-order chi connectivity index (χ0) is 11.4. The minimum atomic E-state index is -0.491. The number of rotatable bonds is 3. The molecular formula is C11H16FN3O. The van der Waals surface area contributed by atoms with Crippen LogP contribution in [0, 0.1) is 11.9 Å². The number of aliphatic hydroxyl groups excluding tert-OH is 1. The number of aromatic nitrogens is 2. The van der Waals surface area contributed by atoms with Crippen molar-refractivity contribution >= 4 is 5.82 Å². The third-order valence-electron chi connectivity index (χ3n) is 3.00. The maximum Gasteiger partial charge on any atom is 0.218 e. The van der Waals surface area contributed by atoms with Gasteiger partial charge in [-0.3, -0.25) is 0 Å². The Morgan fingerprint density at radius 1 is 1.50 bits per heavy atom. The molecular weight excluding hydrogens is 209 g/mol. The summed E-state index contributed by atoms with van der Waals surface area (Å²) in [6.07, 6.45) is 4.26. The lowest BCUT2D eigenvalue weighted by Gasteiger charge is -2.33. The van der Waals surface area contributed by atoms with Gasteiger partial charge in [-0.05, 0) is 25.2 Å². The molecule has 2 heterocycles. The number of hydrogen-bond acceptors (Lipinski definition) is 4. The minimum Gasteiger partial charge on any atom is -0.396 e. The summed E-state index contributed by atoms with van der Waals surface area (Å²) in [6.45, 7) is 1.96. The predicted molar refractivity (Wildman–Crippen MR) is 58.6 cm³/mol. The van der Waals surface area contributed by atoms with Crippen molar-refractivity contribution in [1.82, 2.24) is 9.97 Å². The first kappa shape index (κ1) is 11.3. The van der Waals surface area contributed by atoms with Gasteiger partial charge in [0.2, 0.25) is 5.95 Å². The van der Waals surface area contributed by atoms with Crippen molar-refractivity contribution in [2.45, 2.75) is 19.3 Å². The van der Waals surface area contributed by atoms with Crippen molar-refractivity contribution in [3.05, 3.63) is 18.3 Å². The van der Waals surface area contributed by atoms with Crippen molar-refractivity contribution in [3.63, 3.8) is 0 Å². The molecule has 1 saturated heterocycles. The van der Waals surface area contributed by atoms with Gasteiger partial charge in [0.05, 0.1) is 0 Å². The van der Waals surface area contributed by atoms with Crippen molar-refractivity contribution in [1.29, 1.82) is 0 Å². The Bertz CT molecular complexity index is 346. The lowest BCUT2D eigenvalue weighted by molar-refractivity contribution is 0.244. The molecule has 5 heteroatoms. The monoisotopic (exact) mass is 225 g/mol. The first-order valence-electron chi connectivity index (χ1n) is 5.63. The molecule has 0 aromatic carbocycles. The molecule has 16 heavy (non-hydrogen) atoms. The number of halogens is 1. The Balaban J connectivity index is 2.03. The predicted octanol–water partition coefficient (Wildman–Crippen LogP) is 1.21. The van der Waals surface area contributed by atoms with Gasteiger partial charge in [0, 0.05) is 25.8 Å². The molecule has 0 spiro atoms. The van der Waals surface area contributed by atoms with Crippen LogP contribution in [0.1, 0.15) is 19.3 Å². The minimum absolute atomic E-state index is 0.219. The van der Waals surface area contributed by atoms with Gasteiger partial charge in [-0.1, -0.05) is 0 Å². The summed E-state index contributed by atoms with van der Waals surface area (Å²) >= 11 is 0. The Morgan fingerprint density at radius 3 is 3.12 bits per heavy atom. The molecule has 88 valence electrons. The van der Waals surface area contributed by atoms with Gasteiger partial charge in [-0.15, -0.1) is 0 Å². The van der Waals surface area contributed by atoms with Crippen LogP contribution in [0.25, 0.3) is 0 Å². The van der Waals surface area contributed by atoms with Gasteiger partial charge in [-0.25, -0.2) is 9.97 Å². The van der Waals surface area contributed by atoms with Crippen LogP contribution in [0.5, 0.6) is 0 Å². The molecule has 1 aromatic rings. The number of anilines is 1. The van der Waals surface area contributed by atoms with Gasteiger partial charge in [-0.2, -0.15) is 4.39 Å². The fraction of sp³-hybridized carbons (Fsp3) is 0.636. The smallest absolute Gasteiger partial charge is 0.218 e. The first-order valence-corrected chi connectivity index (χ1v) is 5.63. The van der Waals surface area contributed by atoms with E-state index in [9.17, 15) is 4.39 Å². The fourth-order valence-corrected chi connectivity index (χ4v) is 2.19. The molecule has 1 unspecified atom stereocenters. The highest BCUT2D eigenvalue weighted by molar-refractivity contribution is 5.37. The summed E-state index contributed by atoms with van der Waals surface area (Å²) in [7, 11) is 0. The average Bonchev–Trinajstić information content (AvgIpc) is 2.30. The standard InChI is InChI=1S/C11H16FN3O/c12-10-6-11(14-8-13-10)15-4-1-2-9(7-15)3-5-16/h6,8-9,16H,1-5,7H2. The summed E-state index contributed by atoms with van der Waals surface area (Å²) in [4.78, 5) is 9.58. The summed E-state index contributed by atoms with van der Waals surface area (Å²) < 4.78 is 12.9. The second kappa shape index (κ2) is 5.21. The van der Waals surface area contributed by atoms with E-state index in [4.69, 9.17) is 5.11 Å². The van der Waals surface area contributed by atoms with Crippen molar-refractivity contribution in [2.24, 2.45) is 5.92 Å². The van der Waals surface area contributed by atoms with Gasteiger partial charge >= 0.3 is 0 Å². The van der Waals surface area contributed by atoms with Crippen LogP contribution in [-0.2, 0) is 0 Å². The highest BCUT2D eigenvalue weighted by Gasteiger charge is 2.20. The van der Waals surface area contributed by atoms with Gasteiger partial charge in [0.25, 0.3) is 0 Å². The average molecular weight is 225 g/mol. The summed E-state index contributed by atoms with van der Waals surface area (Å²) in [5.41, 5.74) is 0. The van der Waals surface area contributed by atoms with Crippen LogP contribution >= 0.6 is 0 Å². The van der Waals surface area contributed by atoms with E-state index < -0.39 is 5.95 Å². The Hall–Kier alpha value is -1.23. The summed E-state index contributed by atoms with van der Waals surface area (Å²) in [5.74, 6) is 0.640. The van der Waals surface area contributed by atoms with Crippen molar-refractivity contribution in [2.75, 3.05) is 24.6 Å². The number of nitrogens with zero attached hydrogens (tertiary/aromatic N) is 3. The summed E-state index contributed by atoms with van der Waals surface area (Å²) in [6, 6.07) is 1.36.